The molecular formula is C21H17ClN2O3S. The Labute approximate surface area is 171 Å². The van der Waals surface area contributed by atoms with Crippen molar-refractivity contribution < 1.29 is 14.7 Å². The van der Waals surface area contributed by atoms with Crippen molar-refractivity contribution in [3.8, 4) is 0 Å². The molecule has 0 aliphatic carbocycles. The number of carboxylic acids is 1. The summed E-state index contributed by atoms with van der Waals surface area (Å²) in [4.78, 5) is 25.3. The highest BCUT2D eigenvalue weighted by Gasteiger charge is 2.19. The maximum Gasteiger partial charge on any atom is 0.335 e. The summed E-state index contributed by atoms with van der Waals surface area (Å²) in [5, 5.41) is 20.8. The smallest absolute Gasteiger partial charge is 0.335 e. The minimum absolute atomic E-state index is 0.154. The van der Waals surface area contributed by atoms with E-state index in [1.54, 1.807) is 24.3 Å². The van der Waals surface area contributed by atoms with Crippen molar-refractivity contribution in [1.29, 1.82) is 5.41 Å². The van der Waals surface area contributed by atoms with Gasteiger partial charge in [-0.05, 0) is 43.7 Å². The van der Waals surface area contributed by atoms with Gasteiger partial charge in [0.1, 0.15) is 0 Å². The summed E-state index contributed by atoms with van der Waals surface area (Å²) in [6.07, 6.45) is 0. The van der Waals surface area contributed by atoms with Crippen LogP contribution in [0.15, 0.2) is 48.5 Å². The standard InChI is InChI=1S/C21H17ClN2O3S/c1-11-4-3-5-15(22)17(11)20(25)24-16-10-12(2)28-19(16)18(23)13-6-8-14(9-7-13)21(26)27/h3-10,23H,1-2H3,(H,24,25)(H,26,27). The first-order chi connectivity index (χ1) is 13.3. The number of hydrogen-bond acceptors (Lipinski definition) is 4. The summed E-state index contributed by atoms with van der Waals surface area (Å²) in [7, 11) is 0. The average Bonchev–Trinajstić information content (AvgIpc) is 3.01. The second kappa shape index (κ2) is 7.96. The highest BCUT2D eigenvalue weighted by Crippen LogP contribution is 2.30. The van der Waals surface area contributed by atoms with E-state index in [4.69, 9.17) is 22.1 Å². The number of carbonyl (C=O) groups is 2. The molecule has 1 heterocycles. The lowest BCUT2D eigenvalue weighted by molar-refractivity contribution is 0.0696. The number of aromatic carboxylic acids is 1. The lowest BCUT2D eigenvalue weighted by atomic mass is 10.1. The molecule has 2 aromatic carbocycles. The Hall–Kier alpha value is -2.96. The quantitative estimate of drug-likeness (QED) is 0.491. The fourth-order valence-electron chi connectivity index (χ4n) is 2.81. The number of benzene rings is 2. The highest BCUT2D eigenvalue weighted by molar-refractivity contribution is 7.14. The Morgan fingerprint density at radius 1 is 1.07 bits per heavy atom. The topological polar surface area (TPSA) is 90.3 Å². The molecule has 0 saturated carbocycles. The average molecular weight is 413 g/mol. The van der Waals surface area contributed by atoms with Crippen molar-refractivity contribution in [2.24, 2.45) is 0 Å². The van der Waals surface area contributed by atoms with E-state index in [9.17, 15) is 9.59 Å². The van der Waals surface area contributed by atoms with Crippen molar-refractivity contribution in [3.05, 3.63) is 85.6 Å². The molecular weight excluding hydrogens is 396 g/mol. The maximum absolute atomic E-state index is 12.8. The van der Waals surface area contributed by atoms with Gasteiger partial charge in [0.05, 0.1) is 32.4 Å². The van der Waals surface area contributed by atoms with E-state index in [1.165, 1.54) is 23.5 Å². The van der Waals surface area contributed by atoms with Gasteiger partial charge in [-0.25, -0.2) is 4.79 Å². The molecule has 142 valence electrons. The number of thiophene rings is 1. The second-order valence-corrected chi connectivity index (χ2v) is 7.91. The number of carboxylic acid groups (broad SMARTS) is 1. The van der Waals surface area contributed by atoms with E-state index in [-0.39, 0.29) is 17.2 Å². The first-order valence-corrected chi connectivity index (χ1v) is 9.57. The molecule has 0 saturated heterocycles. The van der Waals surface area contributed by atoms with E-state index in [1.807, 2.05) is 26.0 Å². The SMILES string of the molecule is Cc1cc(NC(=O)c2c(C)cccc2Cl)c(C(=N)c2ccc(C(=O)O)cc2)s1. The van der Waals surface area contributed by atoms with Gasteiger partial charge >= 0.3 is 5.97 Å². The Kier molecular flexibility index (Phi) is 5.63. The first kappa shape index (κ1) is 19.8. The van der Waals surface area contributed by atoms with Crippen LogP contribution in [0.4, 0.5) is 5.69 Å². The third-order valence-corrected chi connectivity index (χ3v) is 5.58. The molecule has 0 radical (unpaired) electrons. The summed E-state index contributed by atoms with van der Waals surface area (Å²) < 4.78 is 0. The Bertz CT molecular complexity index is 1070. The van der Waals surface area contributed by atoms with Gasteiger partial charge in [0, 0.05) is 10.4 Å². The van der Waals surface area contributed by atoms with Crippen LogP contribution in [0.2, 0.25) is 5.02 Å². The molecule has 3 aromatic rings. The number of anilines is 1. The number of halogens is 1. The largest absolute Gasteiger partial charge is 0.478 e. The van der Waals surface area contributed by atoms with E-state index in [0.717, 1.165) is 10.4 Å². The zero-order valence-corrected chi connectivity index (χ0v) is 16.7. The van der Waals surface area contributed by atoms with Crippen molar-refractivity contribution in [3.63, 3.8) is 0 Å². The van der Waals surface area contributed by atoms with Gasteiger partial charge in [0.25, 0.3) is 5.91 Å². The lowest BCUT2D eigenvalue weighted by Gasteiger charge is -2.11. The molecule has 28 heavy (non-hydrogen) atoms. The molecule has 0 aliphatic rings. The Balaban J connectivity index is 1.92. The molecule has 5 nitrogen and oxygen atoms in total. The number of aryl methyl sites for hydroxylation is 2. The zero-order chi connectivity index (χ0) is 20.4. The summed E-state index contributed by atoms with van der Waals surface area (Å²) in [5.74, 6) is -1.36. The maximum atomic E-state index is 12.8. The highest BCUT2D eigenvalue weighted by atomic mass is 35.5. The normalized spacial score (nSPS) is 10.5. The van der Waals surface area contributed by atoms with Crippen molar-refractivity contribution in [1.82, 2.24) is 0 Å². The van der Waals surface area contributed by atoms with Gasteiger partial charge in [-0.3, -0.25) is 10.2 Å². The van der Waals surface area contributed by atoms with Gasteiger partial charge in [0.2, 0.25) is 0 Å². The van der Waals surface area contributed by atoms with Crippen LogP contribution in [0.5, 0.6) is 0 Å². The first-order valence-electron chi connectivity index (χ1n) is 8.37. The molecule has 0 aliphatic heterocycles. The van der Waals surface area contributed by atoms with E-state index in [2.05, 4.69) is 5.32 Å². The Morgan fingerprint density at radius 2 is 1.71 bits per heavy atom. The van der Waals surface area contributed by atoms with Crippen LogP contribution in [0, 0.1) is 19.3 Å². The molecule has 0 spiro atoms. The molecule has 0 unspecified atom stereocenters. The third kappa shape index (κ3) is 3.98. The van der Waals surface area contributed by atoms with Crippen molar-refractivity contribution in [2.45, 2.75) is 13.8 Å². The fourth-order valence-corrected chi connectivity index (χ4v) is 4.05. The molecule has 0 atom stereocenters. The van der Waals surface area contributed by atoms with E-state index in [0.29, 0.717) is 26.7 Å². The van der Waals surface area contributed by atoms with Crippen molar-refractivity contribution in [2.75, 3.05) is 5.32 Å². The monoisotopic (exact) mass is 412 g/mol. The van der Waals surface area contributed by atoms with Crippen LogP contribution < -0.4 is 5.32 Å². The summed E-state index contributed by atoms with van der Waals surface area (Å²) in [6.45, 7) is 3.71. The molecule has 7 heteroatoms. The van der Waals surface area contributed by atoms with Gasteiger partial charge in [0.15, 0.2) is 0 Å². The minimum atomic E-state index is -1.02. The van der Waals surface area contributed by atoms with E-state index >= 15 is 0 Å². The third-order valence-electron chi connectivity index (χ3n) is 4.20. The number of carbonyl (C=O) groups excluding carboxylic acids is 1. The lowest BCUT2D eigenvalue weighted by Crippen LogP contribution is -2.15. The van der Waals surface area contributed by atoms with Crippen molar-refractivity contribution >= 4 is 46.2 Å². The predicted octanol–water partition coefficient (Wildman–Crippen LogP) is 5.39. The molecule has 3 N–H and O–H groups in total. The summed E-state index contributed by atoms with van der Waals surface area (Å²) >= 11 is 7.57. The van der Waals surface area contributed by atoms with Crippen LogP contribution >= 0.6 is 22.9 Å². The van der Waals surface area contributed by atoms with Crippen LogP contribution in [0.3, 0.4) is 0 Å². The number of amides is 1. The van der Waals surface area contributed by atoms with Crippen LogP contribution in [0.1, 0.15) is 41.6 Å². The molecule has 1 aromatic heterocycles. The summed E-state index contributed by atoms with van der Waals surface area (Å²) in [6, 6.07) is 13.2. The van der Waals surface area contributed by atoms with Crippen LogP contribution in [-0.2, 0) is 0 Å². The van der Waals surface area contributed by atoms with Gasteiger partial charge < -0.3 is 10.4 Å². The molecule has 1 amide bonds. The van der Waals surface area contributed by atoms with Crippen LogP contribution in [-0.4, -0.2) is 22.7 Å². The Morgan fingerprint density at radius 3 is 2.32 bits per heavy atom. The zero-order valence-electron chi connectivity index (χ0n) is 15.2. The molecule has 3 rings (SSSR count). The minimum Gasteiger partial charge on any atom is -0.478 e. The van der Waals surface area contributed by atoms with Gasteiger partial charge in [-0.2, -0.15) is 0 Å². The fraction of sp³-hybridized carbons (Fsp3) is 0.0952. The predicted molar refractivity (Wildman–Crippen MR) is 113 cm³/mol. The number of nitrogens with one attached hydrogen (secondary N) is 2. The van der Waals surface area contributed by atoms with Gasteiger partial charge in [-0.15, -0.1) is 11.3 Å². The van der Waals surface area contributed by atoms with E-state index < -0.39 is 5.97 Å². The number of rotatable bonds is 5. The van der Waals surface area contributed by atoms with Gasteiger partial charge in [-0.1, -0.05) is 35.9 Å². The molecule has 0 fully saturated rings. The van der Waals surface area contributed by atoms with Crippen LogP contribution in [0.25, 0.3) is 0 Å². The summed E-state index contributed by atoms with van der Waals surface area (Å²) in [5.41, 5.74) is 2.62. The second-order valence-electron chi connectivity index (χ2n) is 6.24. The molecule has 0 bridgehead atoms. The number of hydrogen-bond donors (Lipinski definition) is 3.